The van der Waals surface area contributed by atoms with E-state index in [2.05, 4.69) is 10.3 Å². The lowest BCUT2D eigenvalue weighted by Crippen LogP contribution is -2.44. The number of ether oxygens (including phenoxy) is 2. The molecule has 0 saturated heterocycles. The lowest BCUT2D eigenvalue weighted by molar-refractivity contribution is -0.148. The summed E-state index contributed by atoms with van der Waals surface area (Å²) in [5.41, 5.74) is 0.377. The van der Waals surface area contributed by atoms with Gasteiger partial charge in [0.25, 0.3) is 0 Å². The molecular formula is C19H24N2O4S. The van der Waals surface area contributed by atoms with Crippen LogP contribution < -0.4 is 5.32 Å². The summed E-state index contributed by atoms with van der Waals surface area (Å²) in [6, 6.07) is 9.16. The van der Waals surface area contributed by atoms with E-state index in [-0.39, 0.29) is 0 Å². The number of nitrogens with one attached hydrogen (secondary N) is 1. The Bertz CT molecular complexity index is 711. The molecule has 1 heterocycles. The van der Waals surface area contributed by atoms with Crippen molar-refractivity contribution < 1.29 is 19.1 Å². The van der Waals surface area contributed by atoms with Gasteiger partial charge in [-0.05, 0) is 32.8 Å². The molecule has 0 radical (unpaired) electrons. The van der Waals surface area contributed by atoms with Crippen molar-refractivity contribution in [3.63, 3.8) is 0 Å². The molecule has 7 heteroatoms. The molecule has 0 aliphatic carbocycles. The van der Waals surface area contributed by atoms with Crippen molar-refractivity contribution in [2.24, 2.45) is 0 Å². The number of esters is 1. The summed E-state index contributed by atoms with van der Waals surface area (Å²) in [7, 11) is 0. The number of benzene rings is 1. The van der Waals surface area contributed by atoms with Gasteiger partial charge in [0.2, 0.25) is 0 Å². The molecule has 1 aromatic carbocycles. The highest BCUT2D eigenvalue weighted by Crippen LogP contribution is 2.26. The monoisotopic (exact) mass is 376 g/mol. The predicted molar refractivity (Wildman–Crippen MR) is 99.9 cm³/mol. The van der Waals surface area contributed by atoms with Crippen LogP contribution in [-0.2, 0) is 20.7 Å². The second-order valence-corrected chi connectivity index (χ2v) is 7.77. The van der Waals surface area contributed by atoms with Gasteiger partial charge in [-0.15, -0.1) is 11.3 Å². The van der Waals surface area contributed by atoms with Crippen LogP contribution in [0.25, 0.3) is 0 Å². The van der Waals surface area contributed by atoms with Gasteiger partial charge in [-0.1, -0.05) is 30.3 Å². The maximum absolute atomic E-state index is 12.3. The maximum Gasteiger partial charge on any atom is 0.408 e. The highest BCUT2D eigenvalue weighted by molar-refractivity contribution is 7.09. The first-order valence-corrected chi connectivity index (χ1v) is 9.22. The fraction of sp³-hybridized carbons (Fsp3) is 0.421. The smallest absolute Gasteiger partial charge is 0.408 e. The number of rotatable bonds is 6. The van der Waals surface area contributed by atoms with Crippen LogP contribution in [0.5, 0.6) is 0 Å². The summed E-state index contributed by atoms with van der Waals surface area (Å²) in [5.74, 6) is -0.436. The first kappa shape index (κ1) is 19.9. The minimum Gasteiger partial charge on any atom is -0.453 e. The molecule has 1 aromatic heterocycles. The minimum absolute atomic E-state index is 0.436. The van der Waals surface area contributed by atoms with Gasteiger partial charge in [0.05, 0.1) is 6.04 Å². The number of carbonyl (C=O) groups is 2. The molecule has 0 fully saturated rings. The van der Waals surface area contributed by atoms with Crippen LogP contribution in [0.1, 0.15) is 44.4 Å². The van der Waals surface area contributed by atoms with Crippen LogP contribution in [0.4, 0.5) is 4.79 Å². The Morgan fingerprint density at radius 2 is 1.92 bits per heavy atom. The molecule has 0 bridgehead atoms. The van der Waals surface area contributed by atoms with E-state index in [1.54, 1.807) is 32.3 Å². The number of hydrogen-bond donors (Lipinski definition) is 1. The second kappa shape index (κ2) is 8.80. The van der Waals surface area contributed by atoms with Crippen LogP contribution >= 0.6 is 11.3 Å². The van der Waals surface area contributed by atoms with E-state index in [1.807, 2.05) is 30.3 Å². The first-order chi connectivity index (χ1) is 12.2. The number of nitrogens with zero attached hydrogens (tertiary/aromatic N) is 1. The molecule has 0 saturated carbocycles. The molecule has 140 valence electrons. The van der Waals surface area contributed by atoms with E-state index < -0.39 is 29.8 Å². The van der Waals surface area contributed by atoms with Crippen molar-refractivity contribution in [3.05, 3.63) is 52.5 Å². The molecular weight excluding hydrogens is 352 g/mol. The molecule has 1 amide bonds. The third-order valence-electron chi connectivity index (χ3n) is 3.35. The molecule has 0 spiro atoms. The highest BCUT2D eigenvalue weighted by Gasteiger charge is 2.31. The average molecular weight is 376 g/mol. The number of amides is 1. The summed E-state index contributed by atoms with van der Waals surface area (Å²) in [6.07, 6.45) is 0.855. The van der Waals surface area contributed by atoms with E-state index in [4.69, 9.17) is 9.47 Å². The number of alkyl carbamates (subject to hydrolysis) is 1. The van der Waals surface area contributed by atoms with Crippen molar-refractivity contribution in [1.29, 1.82) is 0 Å². The van der Waals surface area contributed by atoms with Crippen LogP contribution in [0.2, 0.25) is 0 Å². The van der Waals surface area contributed by atoms with Gasteiger partial charge in [-0.25, -0.2) is 9.78 Å². The van der Waals surface area contributed by atoms with Gasteiger partial charge in [-0.3, -0.25) is 4.79 Å². The van der Waals surface area contributed by atoms with Gasteiger partial charge in [-0.2, -0.15) is 0 Å². The van der Waals surface area contributed by atoms with E-state index in [0.717, 1.165) is 5.56 Å². The third kappa shape index (κ3) is 6.48. The second-order valence-electron chi connectivity index (χ2n) is 6.84. The molecule has 0 unspecified atom stereocenters. The quantitative estimate of drug-likeness (QED) is 0.774. The topological polar surface area (TPSA) is 77.5 Å². The van der Waals surface area contributed by atoms with Crippen molar-refractivity contribution in [2.45, 2.75) is 51.9 Å². The van der Waals surface area contributed by atoms with Crippen LogP contribution in [0.3, 0.4) is 0 Å². The van der Waals surface area contributed by atoms with Crippen molar-refractivity contribution in [2.75, 3.05) is 0 Å². The summed E-state index contributed by atoms with van der Waals surface area (Å²) in [4.78, 5) is 28.2. The molecule has 0 aliphatic rings. The van der Waals surface area contributed by atoms with Gasteiger partial charge >= 0.3 is 12.1 Å². The Kier molecular flexibility index (Phi) is 6.74. The molecule has 1 N–H and O–H groups in total. The molecule has 2 rings (SSSR count). The van der Waals surface area contributed by atoms with Gasteiger partial charge in [0, 0.05) is 18.5 Å². The van der Waals surface area contributed by atoms with E-state index >= 15 is 0 Å². The summed E-state index contributed by atoms with van der Waals surface area (Å²) in [5, 5.41) is 5.27. The summed E-state index contributed by atoms with van der Waals surface area (Å²) >= 11 is 1.37. The minimum atomic E-state index is -0.694. The Balaban J connectivity index is 2.27. The molecule has 2 atom stereocenters. The lowest BCUT2D eigenvalue weighted by atomic mass is 10.0. The zero-order valence-electron chi connectivity index (χ0n) is 15.4. The molecule has 6 nitrogen and oxygen atoms in total. The number of thiazole rings is 1. The Morgan fingerprint density at radius 1 is 1.23 bits per heavy atom. The Labute approximate surface area is 157 Å². The number of aromatic nitrogens is 1. The Morgan fingerprint density at radius 3 is 2.46 bits per heavy atom. The average Bonchev–Trinajstić information content (AvgIpc) is 3.05. The molecule has 2 aromatic rings. The zero-order valence-corrected chi connectivity index (χ0v) is 16.2. The first-order valence-electron chi connectivity index (χ1n) is 8.34. The van der Waals surface area contributed by atoms with E-state index in [0.29, 0.717) is 11.4 Å². The largest absolute Gasteiger partial charge is 0.453 e. The Hall–Kier alpha value is -2.41. The fourth-order valence-electron chi connectivity index (χ4n) is 2.42. The van der Waals surface area contributed by atoms with Crippen LogP contribution in [0.15, 0.2) is 41.9 Å². The van der Waals surface area contributed by atoms with E-state index in [9.17, 15) is 9.59 Å². The summed E-state index contributed by atoms with van der Waals surface area (Å²) < 4.78 is 10.9. The third-order valence-corrected chi connectivity index (χ3v) is 4.19. The van der Waals surface area contributed by atoms with Crippen molar-refractivity contribution in [3.8, 4) is 0 Å². The normalized spacial score (nSPS) is 13.5. The molecule has 26 heavy (non-hydrogen) atoms. The van der Waals surface area contributed by atoms with Crippen LogP contribution in [-0.4, -0.2) is 28.7 Å². The van der Waals surface area contributed by atoms with Crippen molar-refractivity contribution >= 4 is 23.4 Å². The zero-order chi connectivity index (χ0) is 19.2. The SMILES string of the molecule is CC(=O)O[C@H](c1nccs1)[C@H](Cc1ccccc1)NC(=O)OC(C)(C)C. The molecule has 0 aliphatic heterocycles. The lowest BCUT2D eigenvalue weighted by Gasteiger charge is -2.28. The van der Waals surface area contributed by atoms with Gasteiger partial charge < -0.3 is 14.8 Å². The number of hydrogen-bond acceptors (Lipinski definition) is 6. The van der Waals surface area contributed by atoms with E-state index in [1.165, 1.54) is 18.3 Å². The van der Waals surface area contributed by atoms with Crippen molar-refractivity contribution in [1.82, 2.24) is 10.3 Å². The summed E-state index contributed by atoms with van der Waals surface area (Å²) in [6.45, 7) is 6.73. The number of carbonyl (C=O) groups excluding carboxylic acids is 2. The van der Waals surface area contributed by atoms with Gasteiger partial charge in [0.1, 0.15) is 10.6 Å². The van der Waals surface area contributed by atoms with Gasteiger partial charge in [0.15, 0.2) is 6.10 Å². The standard InChI is InChI=1S/C19H24N2O4S/c1-13(22)24-16(17-20-10-11-26-17)15(12-14-8-6-5-7-9-14)21-18(23)25-19(2,3)4/h5-11,15-16H,12H2,1-4H3,(H,21,23)/t15-,16-/m0/s1. The maximum atomic E-state index is 12.3. The fourth-order valence-corrected chi connectivity index (χ4v) is 3.15. The predicted octanol–water partition coefficient (Wildman–Crippen LogP) is 3.88. The highest BCUT2D eigenvalue weighted by atomic mass is 32.1. The van der Waals surface area contributed by atoms with Crippen LogP contribution in [0, 0.1) is 0 Å².